The first kappa shape index (κ1) is 16.8. The second kappa shape index (κ2) is 6.95. The average Bonchev–Trinajstić information content (AvgIpc) is 2.30. The summed E-state index contributed by atoms with van der Waals surface area (Å²) in [5, 5.41) is 21.4. The van der Waals surface area contributed by atoms with E-state index in [-0.39, 0.29) is 12.4 Å². The predicted octanol–water partition coefficient (Wildman–Crippen LogP) is 2.58. The molecule has 1 rings (SSSR count). The van der Waals surface area contributed by atoms with Gasteiger partial charge in [0.15, 0.2) is 0 Å². The standard InChI is InChI=1S/C14H20BrNO4/c1-14(2,3)20-13(19)16-10(8-17)6-9-4-5-12(18)11(15)7-9/h4-5,7,10,17-18H,6,8H2,1-3H3,(H,16,19)/t10-/m0/s1. The number of hydrogen-bond donors (Lipinski definition) is 3. The zero-order valence-corrected chi connectivity index (χ0v) is 13.4. The van der Waals surface area contributed by atoms with Crippen molar-refractivity contribution in [1.29, 1.82) is 0 Å². The highest BCUT2D eigenvalue weighted by Gasteiger charge is 2.19. The Morgan fingerprint density at radius 3 is 2.60 bits per heavy atom. The Hall–Kier alpha value is -1.27. The average molecular weight is 346 g/mol. The van der Waals surface area contributed by atoms with Crippen molar-refractivity contribution < 1.29 is 19.7 Å². The fourth-order valence-corrected chi connectivity index (χ4v) is 2.02. The summed E-state index contributed by atoms with van der Waals surface area (Å²) in [5.41, 5.74) is 0.302. The Bertz CT molecular complexity index is 471. The molecule has 0 aromatic heterocycles. The molecule has 1 aromatic rings. The van der Waals surface area contributed by atoms with Gasteiger partial charge >= 0.3 is 6.09 Å². The van der Waals surface area contributed by atoms with E-state index in [2.05, 4.69) is 21.2 Å². The Morgan fingerprint density at radius 2 is 2.10 bits per heavy atom. The molecule has 0 aliphatic rings. The molecule has 0 saturated carbocycles. The number of carbonyl (C=O) groups excluding carboxylic acids is 1. The minimum absolute atomic E-state index is 0.148. The van der Waals surface area contributed by atoms with Crippen molar-refractivity contribution in [2.75, 3.05) is 6.61 Å². The summed E-state index contributed by atoms with van der Waals surface area (Å²) in [6, 6.07) is 4.59. The Labute approximate surface area is 127 Å². The number of benzene rings is 1. The van der Waals surface area contributed by atoms with Crippen LogP contribution in [0.1, 0.15) is 26.3 Å². The van der Waals surface area contributed by atoms with Gasteiger partial charge in [-0.2, -0.15) is 0 Å². The Balaban J connectivity index is 2.63. The highest BCUT2D eigenvalue weighted by atomic mass is 79.9. The molecule has 0 saturated heterocycles. The van der Waals surface area contributed by atoms with E-state index in [0.29, 0.717) is 10.9 Å². The van der Waals surface area contributed by atoms with Gasteiger partial charge in [0, 0.05) is 0 Å². The first-order chi connectivity index (χ1) is 9.21. The summed E-state index contributed by atoms with van der Waals surface area (Å²) < 4.78 is 5.71. The third-order valence-corrected chi connectivity index (χ3v) is 3.07. The lowest BCUT2D eigenvalue weighted by molar-refractivity contribution is 0.0483. The van der Waals surface area contributed by atoms with Crippen LogP contribution in [0.5, 0.6) is 5.75 Å². The molecule has 0 bridgehead atoms. The van der Waals surface area contributed by atoms with Crippen molar-refractivity contribution in [2.45, 2.75) is 38.8 Å². The molecule has 1 atom stereocenters. The lowest BCUT2D eigenvalue weighted by Crippen LogP contribution is -2.42. The minimum Gasteiger partial charge on any atom is -0.507 e. The van der Waals surface area contributed by atoms with Crippen LogP contribution >= 0.6 is 15.9 Å². The second-order valence-corrected chi connectivity index (χ2v) is 6.37. The van der Waals surface area contributed by atoms with Crippen LogP contribution in [0.2, 0.25) is 0 Å². The van der Waals surface area contributed by atoms with Crippen LogP contribution in [-0.4, -0.2) is 34.6 Å². The number of phenolic OH excluding ortho intramolecular Hbond substituents is 1. The van der Waals surface area contributed by atoms with E-state index in [4.69, 9.17) is 4.74 Å². The Morgan fingerprint density at radius 1 is 1.45 bits per heavy atom. The zero-order chi connectivity index (χ0) is 15.3. The van der Waals surface area contributed by atoms with Crippen LogP contribution in [0, 0.1) is 0 Å². The largest absolute Gasteiger partial charge is 0.507 e. The van der Waals surface area contributed by atoms with Crippen molar-refractivity contribution in [2.24, 2.45) is 0 Å². The molecule has 0 spiro atoms. The minimum atomic E-state index is -0.578. The fraction of sp³-hybridized carbons (Fsp3) is 0.500. The van der Waals surface area contributed by atoms with Crippen LogP contribution in [0.15, 0.2) is 22.7 Å². The highest BCUT2D eigenvalue weighted by molar-refractivity contribution is 9.10. The number of aliphatic hydroxyl groups is 1. The number of phenols is 1. The molecule has 3 N–H and O–H groups in total. The molecule has 0 unspecified atom stereocenters. The third kappa shape index (κ3) is 5.79. The van der Waals surface area contributed by atoms with Crippen LogP contribution in [0.4, 0.5) is 4.79 Å². The molecule has 20 heavy (non-hydrogen) atoms. The van der Waals surface area contributed by atoms with E-state index in [0.717, 1.165) is 5.56 Å². The molecule has 112 valence electrons. The number of ether oxygens (including phenoxy) is 1. The number of aromatic hydroxyl groups is 1. The molecule has 0 heterocycles. The molecule has 0 aliphatic carbocycles. The van der Waals surface area contributed by atoms with Crippen molar-refractivity contribution in [3.05, 3.63) is 28.2 Å². The molecule has 1 amide bonds. The highest BCUT2D eigenvalue weighted by Crippen LogP contribution is 2.24. The molecular weight excluding hydrogens is 326 g/mol. The number of aliphatic hydroxyl groups excluding tert-OH is 1. The van der Waals surface area contributed by atoms with Gasteiger partial charge in [-0.3, -0.25) is 0 Å². The van der Waals surface area contributed by atoms with E-state index >= 15 is 0 Å². The number of amides is 1. The summed E-state index contributed by atoms with van der Waals surface area (Å²) >= 11 is 3.22. The fourth-order valence-electron chi connectivity index (χ4n) is 1.60. The number of alkyl carbamates (subject to hydrolysis) is 1. The van der Waals surface area contributed by atoms with Crippen molar-refractivity contribution in [1.82, 2.24) is 5.32 Å². The maximum atomic E-state index is 11.6. The zero-order valence-electron chi connectivity index (χ0n) is 11.8. The molecule has 0 radical (unpaired) electrons. The normalized spacial score (nSPS) is 12.8. The van der Waals surface area contributed by atoms with Gasteiger partial charge in [-0.25, -0.2) is 4.79 Å². The number of rotatable bonds is 4. The molecular formula is C14H20BrNO4. The van der Waals surface area contributed by atoms with Crippen LogP contribution in [0.3, 0.4) is 0 Å². The summed E-state index contributed by atoms with van der Waals surface area (Å²) in [4.78, 5) is 11.6. The van der Waals surface area contributed by atoms with Crippen LogP contribution in [-0.2, 0) is 11.2 Å². The summed E-state index contributed by atoms with van der Waals surface area (Å²) in [7, 11) is 0. The van der Waals surface area contributed by atoms with Gasteiger partial charge in [-0.1, -0.05) is 6.07 Å². The maximum absolute atomic E-state index is 11.6. The van der Waals surface area contributed by atoms with Crippen LogP contribution in [0.25, 0.3) is 0 Å². The topological polar surface area (TPSA) is 78.8 Å². The predicted molar refractivity (Wildman–Crippen MR) is 79.8 cm³/mol. The van der Waals surface area contributed by atoms with Crippen molar-refractivity contribution >= 4 is 22.0 Å². The first-order valence-corrected chi connectivity index (χ1v) is 7.08. The smallest absolute Gasteiger partial charge is 0.407 e. The molecule has 5 nitrogen and oxygen atoms in total. The van der Waals surface area contributed by atoms with E-state index in [1.807, 2.05) is 0 Å². The quantitative estimate of drug-likeness (QED) is 0.783. The number of nitrogens with one attached hydrogen (secondary N) is 1. The van der Waals surface area contributed by atoms with Gasteiger partial charge in [-0.15, -0.1) is 0 Å². The lowest BCUT2D eigenvalue weighted by Gasteiger charge is -2.22. The summed E-state index contributed by atoms with van der Waals surface area (Å²) in [6.07, 6.45) is -0.122. The second-order valence-electron chi connectivity index (χ2n) is 5.52. The van der Waals surface area contributed by atoms with Gasteiger partial charge in [0.05, 0.1) is 17.1 Å². The Kier molecular flexibility index (Phi) is 5.83. The van der Waals surface area contributed by atoms with Crippen molar-refractivity contribution in [3.63, 3.8) is 0 Å². The van der Waals surface area contributed by atoms with E-state index < -0.39 is 17.7 Å². The monoisotopic (exact) mass is 345 g/mol. The molecule has 1 aromatic carbocycles. The van der Waals surface area contributed by atoms with Crippen LogP contribution < -0.4 is 5.32 Å². The van der Waals surface area contributed by atoms with Gasteiger partial charge in [0.1, 0.15) is 11.4 Å². The van der Waals surface area contributed by atoms with Gasteiger partial charge < -0.3 is 20.3 Å². The first-order valence-electron chi connectivity index (χ1n) is 6.29. The van der Waals surface area contributed by atoms with Gasteiger partial charge in [0.25, 0.3) is 0 Å². The lowest BCUT2D eigenvalue weighted by atomic mass is 10.1. The number of carbonyl (C=O) groups is 1. The maximum Gasteiger partial charge on any atom is 0.407 e. The van der Waals surface area contributed by atoms with E-state index in [9.17, 15) is 15.0 Å². The van der Waals surface area contributed by atoms with Gasteiger partial charge in [0.2, 0.25) is 0 Å². The number of halogens is 1. The van der Waals surface area contributed by atoms with Crippen molar-refractivity contribution in [3.8, 4) is 5.75 Å². The molecule has 0 aliphatic heterocycles. The van der Waals surface area contributed by atoms with E-state index in [1.54, 1.807) is 39.0 Å². The summed E-state index contributed by atoms with van der Waals surface area (Å²) in [6.45, 7) is 5.13. The third-order valence-electron chi connectivity index (χ3n) is 2.44. The molecule has 6 heteroatoms. The number of hydrogen-bond acceptors (Lipinski definition) is 4. The SMILES string of the molecule is CC(C)(C)OC(=O)N[C@H](CO)Cc1ccc(O)c(Br)c1. The molecule has 0 fully saturated rings. The van der Waals surface area contributed by atoms with E-state index in [1.165, 1.54) is 0 Å². The van der Waals surface area contributed by atoms with Gasteiger partial charge in [-0.05, 0) is 60.8 Å². The summed E-state index contributed by atoms with van der Waals surface area (Å²) in [5.74, 6) is 0.148.